The Hall–Kier alpha value is -1.39. The molecule has 0 unspecified atom stereocenters. The molecule has 1 aliphatic rings. The van der Waals surface area contributed by atoms with Gasteiger partial charge in [0, 0.05) is 11.8 Å². The summed E-state index contributed by atoms with van der Waals surface area (Å²) >= 11 is 11.7. The van der Waals surface area contributed by atoms with Crippen molar-refractivity contribution in [2.45, 2.75) is 0 Å². The van der Waals surface area contributed by atoms with E-state index in [-0.39, 0.29) is 17.3 Å². The van der Waals surface area contributed by atoms with E-state index in [2.05, 4.69) is 0 Å². The predicted octanol–water partition coefficient (Wildman–Crippen LogP) is 2.41. The van der Waals surface area contributed by atoms with Gasteiger partial charge in [-0.05, 0) is 12.1 Å². The number of halogens is 2. The fourth-order valence-corrected chi connectivity index (χ4v) is 2.11. The Kier molecular flexibility index (Phi) is 2.94. The average molecular weight is 259 g/mol. The standard InChI is InChI=1S/C10H8Cl2N2O2/c11-8-6-13(7-4-2-1-3-5-7)14(12)9(8)10(15)16/h1-5H,6H2,(H,15,16). The first-order valence-electron chi connectivity index (χ1n) is 4.51. The van der Waals surface area contributed by atoms with Crippen molar-refractivity contribution >= 4 is 35.0 Å². The van der Waals surface area contributed by atoms with Crippen LogP contribution in [0.4, 0.5) is 5.69 Å². The largest absolute Gasteiger partial charge is 0.476 e. The van der Waals surface area contributed by atoms with Crippen molar-refractivity contribution in [3.8, 4) is 0 Å². The maximum atomic E-state index is 10.9. The Labute approximate surface area is 102 Å². The second-order valence-electron chi connectivity index (χ2n) is 3.21. The number of anilines is 1. The van der Waals surface area contributed by atoms with E-state index in [1.54, 1.807) is 5.01 Å². The quantitative estimate of drug-likeness (QED) is 0.828. The molecule has 16 heavy (non-hydrogen) atoms. The Morgan fingerprint density at radius 1 is 1.31 bits per heavy atom. The number of para-hydroxylation sites is 1. The van der Waals surface area contributed by atoms with Gasteiger partial charge in [-0.2, -0.15) is 4.53 Å². The molecule has 0 amide bonds. The molecule has 0 saturated heterocycles. The number of rotatable bonds is 2. The van der Waals surface area contributed by atoms with Gasteiger partial charge in [0.2, 0.25) is 0 Å². The number of carbonyl (C=O) groups is 1. The first-order valence-corrected chi connectivity index (χ1v) is 5.23. The molecule has 6 heteroatoms. The summed E-state index contributed by atoms with van der Waals surface area (Å²) in [4.78, 5) is 10.9. The first-order chi connectivity index (χ1) is 7.61. The molecule has 1 aliphatic heterocycles. The smallest absolute Gasteiger partial charge is 0.356 e. The molecule has 0 aromatic heterocycles. The van der Waals surface area contributed by atoms with Crippen LogP contribution in [0.3, 0.4) is 0 Å². The zero-order chi connectivity index (χ0) is 11.7. The van der Waals surface area contributed by atoms with Gasteiger partial charge in [0.05, 0.1) is 17.3 Å². The maximum Gasteiger partial charge on any atom is 0.356 e. The SMILES string of the molecule is O=C(O)C1=C(Cl)CN(c2ccccc2)N1Cl. The molecule has 1 N–H and O–H groups in total. The summed E-state index contributed by atoms with van der Waals surface area (Å²) in [7, 11) is 0. The molecule has 1 heterocycles. The van der Waals surface area contributed by atoms with Crippen LogP contribution in [0, 0.1) is 0 Å². The molecule has 0 spiro atoms. The molecule has 0 aliphatic carbocycles. The van der Waals surface area contributed by atoms with E-state index >= 15 is 0 Å². The van der Waals surface area contributed by atoms with Crippen LogP contribution in [0.2, 0.25) is 0 Å². The van der Waals surface area contributed by atoms with Crippen LogP contribution in [-0.2, 0) is 4.79 Å². The van der Waals surface area contributed by atoms with Crippen LogP contribution in [-0.4, -0.2) is 22.1 Å². The Bertz CT molecular complexity index is 447. The summed E-state index contributed by atoms with van der Waals surface area (Å²) in [6.45, 7) is 0.261. The minimum atomic E-state index is -1.14. The van der Waals surface area contributed by atoms with Gasteiger partial charge in [-0.3, -0.25) is 5.01 Å². The van der Waals surface area contributed by atoms with Crippen molar-refractivity contribution in [2.24, 2.45) is 0 Å². The Balaban J connectivity index is 2.29. The van der Waals surface area contributed by atoms with Crippen LogP contribution in [0.1, 0.15) is 0 Å². The van der Waals surface area contributed by atoms with E-state index in [0.717, 1.165) is 10.2 Å². The summed E-state index contributed by atoms with van der Waals surface area (Å²) in [5, 5.41) is 10.7. The van der Waals surface area contributed by atoms with E-state index < -0.39 is 5.97 Å². The molecule has 0 atom stereocenters. The van der Waals surface area contributed by atoms with Gasteiger partial charge < -0.3 is 5.11 Å². The minimum Gasteiger partial charge on any atom is -0.476 e. The summed E-state index contributed by atoms with van der Waals surface area (Å²) in [5.41, 5.74) is 0.680. The number of carboxylic acid groups (broad SMARTS) is 1. The van der Waals surface area contributed by atoms with Crippen LogP contribution >= 0.6 is 23.4 Å². The molecule has 0 bridgehead atoms. The van der Waals surface area contributed by atoms with Gasteiger partial charge in [-0.15, -0.1) is 0 Å². The Morgan fingerprint density at radius 2 is 1.94 bits per heavy atom. The monoisotopic (exact) mass is 258 g/mol. The molecule has 1 aromatic carbocycles. The molecule has 0 saturated carbocycles. The lowest BCUT2D eigenvalue weighted by atomic mass is 10.3. The van der Waals surface area contributed by atoms with Gasteiger partial charge in [0.15, 0.2) is 5.70 Å². The maximum absolute atomic E-state index is 10.9. The van der Waals surface area contributed by atoms with Gasteiger partial charge in [0.25, 0.3) is 0 Å². The number of nitrogens with zero attached hydrogens (tertiary/aromatic N) is 2. The summed E-state index contributed by atoms with van der Waals surface area (Å²) in [6, 6.07) is 9.19. The summed E-state index contributed by atoms with van der Waals surface area (Å²) < 4.78 is 1.03. The zero-order valence-electron chi connectivity index (χ0n) is 8.10. The Morgan fingerprint density at radius 3 is 2.44 bits per heavy atom. The summed E-state index contributed by atoms with van der Waals surface area (Å²) in [5.74, 6) is -1.14. The lowest BCUT2D eigenvalue weighted by Gasteiger charge is -2.25. The fraction of sp³-hybridized carbons (Fsp3) is 0.100. The zero-order valence-corrected chi connectivity index (χ0v) is 9.61. The molecule has 0 fully saturated rings. The highest BCUT2D eigenvalue weighted by molar-refractivity contribution is 6.34. The van der Waals surface area contributed by atoms with Crippen molar-refractivity contribution in [1.29, 1.82) is 0 Å². The van der Waals surface area contributed by atoms with Crippen LogP contribution in [0.25, 0.3) is 0 Å². The molecule has 0 radical (unpaired) electrons. The van der Waals surface area contributed by atoms with Crippen molar-refractivity contribution in [3.05, 3.63) is 41.1 Å². The third kappa shape index (κ3) is 1.81. The molecule has 2 rings (SSSR count). The predicted molar refractivity (Wildman–Crippen MR) is 62.0 cm³/mol. The summed E-state index contributed by atoms with van der Waals surface area (Å²) in [6.07, 6.45) is 0. The number of hydrogen-bond acceptors (Lipinski definition) is 3. The third-order valence-electron chi connectivity index (χ3n) is 2.20. The minimum absolute atomic E-state index is 0.104. The normalized spacial score (nSPS) is 15.9. The van der Waals surface area contributed by atoms with Gasteiger partial charge in [-0.1, -0.05) is 29.8 Å². The van der Waals surface area contributed by atoms with Crippen LogP contribution in [0.15, 0.2) is 41.1 Å². The third-order valence-corrected chi connectivity index (χ3v) is 2.85. The highest BCUT2D eigenvalue weighted by Crippen LogP contribution is 2.32. The molecular weight excluding hydrogens is 251 g/mol. The fourth-order valence-electron chi connectivity index (χ4n) is 1.48. The number of aliphatic carboxylic acids is 1. The first kappa shape index (κ1) is 11.1. The molecule has 4 nitrogen and oxygen atoms in total. The number of carboxylic acids is 1. The van der Waals surface area contributed by atoms with Crippen LogP contribution in [0.5, 0.6) is 0 Å². The molecular formula is C10H8Cl2N2O2. The van der Waals surface area contributed by atoms with Gasteiger partial charge in [0.1, 0.15) is 0 Å². The van der Waals surface area contributed by atoms with E-state index in [4.69, 9.17) is 28.5 Å². The van der Waals surface area contributed by atoms with E-state index in [1.165, 1.54) is 0 Å². The molecule has 1 aromatic rings. The topological polar surface area (TPSA) is 43.8 Å². The van der Waals surface area contributed by atoms with Crippen LogP contribution < -0.4 is 5.01 Å². The molecule has 84 valence electrons. The van der Waals surface area contributed by atoms with E-state index in [9.17, 15) is 4.79 Å². The van der Waals surface area contributed by atoms with Crippen molar-refractivity contribution in [1.82, 2.24) is 4.53 Å². The average Bonchev–Trinajstić information content (AvgIpc) is 2.55. The van der Waals surface area contributed by atoms with E-state index in [0.29, 0.717) is 0 Å². The van der Waals surface area contributed by atoms with Crippen molar-refractivity contribution in [3.63, 3.8) is 0 Å². The second kappa shape index (κ2) is 4.23. The lowest BCUT2D eigenvalue weighted by molar-refractivity contribution is -0.133. The number of hydrazine groups is 1. The lowest BCUT2D eigenvalue weighted by Crippen LogP contribution is -2.32. The highest BCUT2D eigenvalue weighted by atomic mass is 35.5. The van der Waals surface area contributed by atoms with E-state index in [1.807, 2.05) is 30.3 Å². The number of hydrogen-bond donors (Lipinski definition) is 1. The highest BCUT2D eigenvalue weighted by Gasteiger charge is 2.32. The number of benzene rings is 1. The van der Waals surface area contributed by atoms with Gasteiger partial charge >= 0.3 is 5.97 Å². The van der Waals surface area contributed by atoms with Crippen molar-refractivity contribution in [2.75, 3.05) is 11.6 Å². The second-order valence-corrected chi connectivity index (χ2v) is 3.99. The van der Waals surface area contributed by atoms with Crippen molar-refractivity contribution < 1.29 is 9.90 Å². The van der Waals surface area contributed by atoms with Gasteiger partial charge in [-0.25, -0.2) is 4.79 Å².